The molecule has 0 aliphatic heterocycles. The summed E-state index contributed by atoms with van der Waals surface area (Å²) in [5.41, 5.74) is 5.53. The van der Waals surface area contributed by atoms with Crippen molar-refractivity contribution in [2.24, 2.45) is 0 Å². The van der Waals surface area contributed by atoms with Crippen molar-refractivity contribution in [3.63, 3.8) is 0 Å². The van der Waals surface area contributed by atoms with Crippen molar-refractivity contribution in [3.05, 3.63) is 215 Å². The Labute approximate surface area is 417 Å². The fraction of sp³-hybridized carbons (Fsp3) is 0.214. The molecule has 4 heterocycles. The molecule has 2 aliphatic rings. The molecule has 368 valence electrons. The molecule has 16 heteroatoms. The number of nitrogens with zero attached hydrogens (tertiary/aromatic N) is 8. The van der Waals surface area contributed by atoms with E-state index in [4.69, 9.17) is 0 Å². The van der Waals surface area contributed by atoms with Crippen molar-refractivity contribution in [2.45, 2.75) is 39.3 Å². The van der Waals surface area contributed by atoms with Crippen LogP contribution in [-0.4, -0.2) is 122 Å². The monoisotopic (exact) mass is 968 g/mol. The van der Waals surface area contributed by atoms with Crippen LogP contribution in [0.25, 0.3) is 0 Å². The van der Waals surface area contributed by atoms with Gasteiger partial charge in [-0.2, -0.15) is 0 Å². The standard InChI is InChI=1S/C28H30N4O4.C28H26N4O4/c2*33-25-7-9-27(35)21(15-25)17-31(19-23-5-1-3-11-29-23)13-14-32(20-24-6-2-4-12-30-24)18-22-16-26(34)8-10-28(22)36/h1-12,15-16,33-36H,13-14,17-20H2;1-12,15-16H,13-14,17-20H2. The maximum Gasteiger partial charge on any atom is 0.183 e. The molecule has 72 heavy (non-hydrogen) atoms. The van der Waals surface area contributed by atoms with Gasteiger partial charge in [-0.25, -0.2) is 0 Å². The lowest BCUT2D eigenvalue weighted by molar-refractivity contribution is -0.114. The molecule has 2 aromatic carbocycles. The van der Waals surface area contributed by atoms with E-state index in [-0.39, 0.29) is 59.2 Å². The number of carbonyl (C=O) groups excluding carboxylic acids is 4. The van der Waals surface area contributed by atoms with Gasteiger partial charge in [-0.05, 0) is 121 Å². The minimum Gasteiger partial charge on any atom is -0.508 e. The van der Waals surface area contributed by atoms with Crippen molar-refractivity contribution in [1.29, 1.82) is 0 Å². The van der Waals surface area contributed by atoms with Crippen LogP contribution in [0.15, 0.2) is 182 Å². The molecule has 0 fully saturated rings. The largest absolute Gasteiger partial charge is 0.508 e. The van der Waals surface area contributed by atoms with E-state index >= 15 is 0 Å². The lowest BCUT2D eigenvalue weighted by atomic mass is 10.0. The van der Waals surface area contributed by atoms with Crippen LogP contribution in [-0.2, 0) is 58.4 Å². The van der Waals surface area contributed by atoms with E-state index in [1.54, 1.807) is 36.9 Å². The maximum absolute atomic E-state index is 12.4. The summed E-state index contributed by atoms with van der Waals surface area (Å²) in [7, 11) is 0. The molecule has 0 radical (unpaired) electrons. The average Bonchev–Trinajstić information content (AvgIpc) is 3.38. The van der Waals surface area contributed by atoms with E-state index in [1.165, 1.54) is 60.7 Å². The Morgan fingerprint density at radius 2 is 0.681 bits per heavy atom. The quantitative estimate of drug-likeness (QED) is 0.0450. The summed E-state index contributed by atoms with van der Waals surface area (Å²) >= 11 is 0. The third-order valence-corrected chi connectivity index (χ3v) is 11.7. The van der Waals surface area contributed by atoms with Crippen LogP contribution in [0, 0.1) is 0 Å². The van der Waals surface area contributed by atoms with Crippen molar-refractivity contribution >= 4 is 23.1 Å². The van der Waals surface area contributed by atoms with Crippen LogP contribution in [0.3, 0.4) is 0 Å². The predicted molar refractivity (Wildman–Crippen MR) is 270 cm³/mol. The average molecular weight is 969 g/mol. The van der Waals surface area contributed by atoms with Gasteiger partial charge in [0.15, 0.2) is 23.1 Å². The maximum atomic E-state index is 12.4. The van der Waals surface area contributed by atoms with Gasteiger partial charge in [0.05, 0.1) is 22.8 Å². The van der Waals surface area contributed by atoms with Gasteiger partial charge in [0, 0.05) is 126 Å². The Hall–Kier alpha value is -8.28. The van der Waals surface area contributed by atoms with Crippen LogP contribution >= 0.6 is 0 Å². The van der Waals surface area contributed by atoms with Crippen molar-refractivity contribution < 1.29 is 39.6 Å². The third-order valence-electron chi connectivity index (χ3n) is 11.7. The first-order valence-corrected chi connectivity index (χ1v) is 23.4. The second-order valence-corrected chi connectivity index (χ2v) is 17.3. The minimum atomic E-state index is -0.209. The molecule has 0 saturated carbocycles. The van der Waals surface area contributed by atoms with Gasteiger partial charge >= 0.3 is 0 Å². The molecule has 0 spiro atoms. The summed E-state index contributed by atoms with van der Waals surface area (Å²) in [5, 5.41) is 40.6. The Morgan fingerprint density at radius 1 is 0.361 bits per heavy atom. The number of ketones is 4. The zero-order chi connectivity index (χ0) is 50.7. The van der Waals surface area contributed by atoms with Gasteiger partial charge in [0.1, 0.15) is 23.0 Å². The first kappa shape index (κ1) is 51.6. The number of hydrogen-bond acceptors (Lipinski definition) is 16. The van der Waals surface area contributed by atoms with Crippen LogP contribution in [0.1, 0.15) is 33.9 Å². The van der Waals surface area contributed by atoms with Gasteiger partial charge in [-0.3, -0.25) is 58.7 Å². The zero-order valence-electron chi connectivity index (χ0n) is 39.7. The van der Waals surface area contributed by atoms with Gasteiger partial charge in [0.25, 0.3) is 0 Å². The van der Waals surface area contributed by atoms with Crippen molar-refractivity contribution in [1.82, 2.24) is 39.5 Å². The molecule has 16 nitrogen and oxygen atoms in total. The van der Waals surface area contributed by atoms with Crippen molar-refractivity contribution in [2.75, 3.05) is 39.3 Å². The van der Waals surface area contributed by atoms with Gasteiger partial charge in [-0.1, -0.05) is 24.3 Å². The molecule has 4 aromatic heterocycles. The molecular weight excluding hydrogens is 913 g/mol. The van der Waals surface area contributed by atoms with Gasteiger partial charge in [0.2, 0.25) is 0 Å². The number of benzene rings is 2. The highest BCUT2D eigenvalue weighted by Crippen LogP contribution is 2.26. The molecule has 2 aliphatic carbocycles. The number of aromatic nitrogens is 4. The minimum absolute atomic E-state index is 0.0942. The normalized spacial score (nSPS) is 13.4. The number of rotatable bonds is 22. The zero-order valence-corrected chi connectivity index (χ0v) is 39.7. The van der Waals surface area contributed by atoms with Crippen molar-refractivity contribution in [3.8, 4) is 23.0 Å². The highest BCUT2D eigenvalue weighted by Gasteiger charge is 2.22. The van der Waals surface area contributed by atoms with E-state index in [0.717, 1.165) is 22.8 Å². The molecule has 4 N–H and O–H groups in total. The smallest absolute Gasteiger partial charge is 0.183 e. The van der Waals surface area contributed by atoms with Gasteiger partial charge in [-0.15, -0.1) is 0 Å². The number of pyridine rings is 4. The molecule has 0 bridgehead atoms. The summed E-state index contributed by atoms with van der Waals surface area (Å²) in [5.74, 6) is -0.362. The number of phenols is 4. The number of phenolic OH excluding ortho intramolecular Hbond substituents is 4. The van der Waals surface area contributed by atoms with Crippen LogP contribution in [0.2, 0.25) is 0 Å². The Morgan fingerprint density at radius 3 is 0.986 bits per heavy atom. The molecule has 0 saturated heterocycles. The van der Waals surface area contributed by atoms with E-state index in [0.29, 0.717) is 87.7 Å². The highest BCUT2D eigenvalue weighted by atomic mass is 16.3. The van der Waals surface area contributed by atoms with Crippen LogP contribution in [0.4, 0.5) is 0 Å². The predicted octanol–water partition coefficient (Wildman–Crippen LogP) is 6.05. The molecular formula is C56H56N8O8. The third kappa shape index (κ3) is 16.4. The number of allylic oxidation sites excluding steroid dienone is 6. The number of aromatic hydroxyl groups is 4. The van der Waals surface area contributed by atoms with Gasteiger partial charge < -0.3 is 20.4 Å². The Bertz CT molecular complexity index is 2720. The summed E-state index contributed by atoms with van der Waals surface area (Å²) in [6, 6.07) is 31.8. The van der Waals surface area contributed by atoms with Crippen LogP contribution in [0.5, 0.6) is 23.0 Å². The second kappa shape index (κ2) is 26.1. The highest BCUT2D eigenvalue weighted by molar-refractivity contribution is 6.18. The molecule has 6 aromatic rings. The Balaban J connectivity index is 0.000000211. The SMILES string of the molecule is O=C1C=CC(=O)C(CN(CCN(CC2=CC(=O)C=CC2=O)Cc2ccccn2)Cc2ccccn2)=C1.Oc1ccc(O)c(CN(CCN(Cc2ccccn2)Cc2cc(O)ccc2O)Cc2ccccn2)c1. The van der Waals surface area contributed by atoms with E-state index in [1.807, 2.05) is 82.6 Å². The lowest BCUT2D eigenvalue weighted by Crippen LogP contribution is -2.38. The molecule has 0 amide bonds. The first-order valence-electron chi connectivity index (χ1n) is 23.4. The molecule has 0 atom stereocenters. The van der Waals surface area contributed by atoms with E-state index in [2.05, 4.69) is 29.7 Å². The van der Waals surface area contributed by atoms with E-state index in [9.17, 15) is 39.6 Å². The lowest BCUT2D eigenvalue weighted by Gasteiger charge is -2.28. The topological polar surface area (TPSA) is 214 Å². The summed E-state index contributed by atoms with van der Waals surface area (Å²) in [6.07, 6.45) is 14.8. The van der Waals surface area contributed by atoms with Crippen LogP contribution < -0.4 is 0 Å². The summed E-state index contributed by atoms with van der Waals surface area (Å²) in [6.45, 7) is 5.70. The fourth-order valence-corrected chi connectivity index (χ4v) is 8.02. The molecule has 8 rings (SSSR count). The Kier molecular flexibility index (Phi) is 18.7. The number of hydrogen-bond donors (Lipinski definition) is 4. The second-order valence-electron chi connectivity index (χ2n) is 17.3. The summed E-state index contributed by atoms with van der Waals surface area (Å²) < 4.78 is 0. The number of carbonyl (C=O) groups is 4. The van der Waals surface area contributed by atoms with E-state index < -0.39 is 0 Å². The summed E-state index contributed by atoms with van der Waals surface area (Å²) in [4.78, 5) is 74.6. The fourth-order valence-electron chi connectivity index (χ4n) is 8.02. The molecule has 0 unspecified atom stereocenters. The first-order chi connectivity index (χ1) is 34.9.